The molecule has 116 valence electrons. The number of carbonyl (C=O) groups is 1. The van der Waals surface area contributed by atoms with Gasteiger partial charge in [-0.2, -0.15) is 0 Å². The molecule has 0 bridgehead atoms. The zero-order valence-corrected chi connectivity index (χ0v) is 13.8. The van der Waals surface area contributed by atoms with Gasteiger partial charge in [0.25, 0.3) is 0 Å². The van der Waals surface area contributed by atoms with Gasteiger partial charge in [-0.15, -0.1) is 0 Å². The molecule has 1 aliphatic heterocycles. The first-order chi connectivity index (χ1) is 9.32. The molecule has 0 unspecified atom stereocenters. The smallest absolute Gasteiger partial charge is 0.222 e. The topological polar surface area (TPSA) is 32.3 Å². The van der Waals surface area contributed by atoms with E-state index in [-0.39, 0.29) is 11.8 Å². The summed E-state index contributed by atoms with van der Waals surface area (Å²) in [5, 5.41) is 3.03. The highest BCUT2D eigenvalue weighted by Gasteiger charge is 2.20. The van der Waals surface area contributed by atoms with E-state index in [4.69, 9.17) is 0 Å². The Kier molecular flexibility index (Phi) is 6.57. The molecule has 1 atom stereocenters. The Morgan fingerprint density at radius 2 is 1.95 bits per heavy atom. The van der Waals surface area contributed by atoms with Crippen LogP contribution in [0.5, 0.6) is 0 Å². The van der Waals surface area contributed by atoms with Crippen LogP contribution in [-0.4, -0.2) is 30.9 Å². The van der Waals surface area contributed by atoms with Gasteiger partial charge < -0.3 is 10.2 Å². The Balaban J connectivity index is 2.61. The summed E-state index contributed by atoms with van der Waals surface area (Å²) in [5.41, 5.74) is 1.50. The second-order valence-corrected chi connectivity index (χ2v) is 7.09. The quantitative estimate of drug-likeness (QED) is 0.736. The van der Waals surface area contributed by atoms with Gasteiger partial charge in [0.05, 0.1) is 0 Å². The van der Waals surface area contributed by atoms with Crippen molar-refractivity contribution < 1.29 is 4.79 Å². The lowest BCUT2D eigenvalue weighted by Gasteiger charge is -2.28. The molecule has 0 aromatic rings. The maximum atomic E-state index is 12.0. The summed E-state index contributed by atoms with van der Waals surface area (Å²) < 4.78 is 0. The normalized spacial score (nSPS) is 26.8. The predicted octanol–water partition coefficient (Wildman–Crippen LogP) is 3.56. The highest BCUT2D eigenvalue weighted by molar-refractivity contribution is 5.78. The molecule has 3 nitrogen and oxygen atoms in total. The van der Waals surface area contributed by atoms with Gasteiger partial charge in [0, 0.05) is 38.2 Å². The second kappa shape index (κ2) is 7.70. The second-order valence-electron chi connectivity index (χ2n) is 7.09. The molecular formula is C17H32N2O. The fourth-order valence-electron chi connectivity index (χ4n) is 2.79. The van der Waals surface area contributed by atoms with Crippen molar-refractivity contribution in [1.82, 2.24) is 10.2 Å². The maximum Gasteiger partial charge on any atom is 0.222 e. The molecule has 0 aliphatic carbocycles. The number of nitrogens with one attached hydrogen (secondary N) is 1. The lowest BCUT2D eigenvalue weighted by Crippen LogP contribution is -2.32. The summed E-state index contributed by atoms with van der Waals surface area (Å²) in [4.78, 5) is 14.2. The van der Waals surface area contributed by atoms with E-state index in [9.17, 15) is 4.79 Å². The maximum absolute atomic E-state index is 12.0. The van der Waals surface area contributed by atoms with Crippen LogP contribution in [0.1, 0.15) is 59.3 Å². The molecule has 0 saturated carbocycles. The molecule has 1 saturated heterocycles. The van der Waals surface area contributed by atoms with Crippen LogP contribution < -0.4 is 5.32 Å². The first kappa shape index (κ1) is 17.1. The van der Waals surface area contributed by atoms with Gasteiger partial charge in [0.2, 0.25) is 5.91 Å². The Hall–Kier alpha value is -0.990. The third-order valence-corrected chi connectivity index (χ3v) is 4.54. The van der Waals surface area contributed by atoms with Crippen molar-refractivity contribution in [3.8, 4) is 0 Å². The zero-order chi connectivity index (χ0) is 15.2. The first-order valence-corrected chi connectivity index (χ1v) is 7.98. The number of amides is 1. The van der Waals surface area contributed by atoms with E-state index in [0.717, 1.165) is 31.5 Å². The standard InChI is InChI=1S/C17H32N2O/c1-14-8-6-10-17(3,4)11-7-13-19(5)15(2)9-12-18-16(14)20/h14H,2,6-13H2,1,3-5H3,(H,18,20)/t14-/m1/s1. The summed E-state index contributed by atoms with van der Waals surface area (Å²) in [7, 11) is 2.10. The lowest BCUT2D eigenvalue weighted by molar-refractivity contribution is -0.124. The van der Waals surface area contributed by atoms with Gasteiger partial charge >= 0.3 is 0 Å². The van der Waals surface area contributed by atoms with Crippen molar-refractivity contribution in [2.45, 2.75) is 59.3 Å². The van der Waals surface area contributed by atoms with Gasteiger partial charge in [-0.25, -0.2) is 0 Å². The molecule has 3 heteroatoms. The van der Waals surface area contributed by atoms with E-state index in [1.54, 1.807) is 0 Å². The van der Waals surface area contributed by atoms with Gasteiger partial charge in [-0.1, -0.05) is 33.8 Å². The van der Waals surface area contributed by atoms with E-state index in [0.29, 0.717) is 12.0 Å². The molecule has 1 aliphatic rings. The minimum absolute atomic E-state index is 0.125. The molecule has 0 aromatic carbocycles. The third-order valence-electron chi connectivity index (χ3n) is 4.54. The van der Waals surface area contributed by atoms with Crippen LogP contribution in [0.25, 0.3) is 0 Å². The largest absolute Gasteiger partial charge is 0.378 e. The van der Waals surface area contributed by atoms with Crippen LogP contribution in [0.15, 0.2) is 12.3 Å². The average Bonchev–Trinajstić information content (AvgIpc) is 2.36. The molecular weight excluding hydrogens is 248 g/mol. The van der Waals surface area contributed by atoms with Crippen LogP contribution in [-0.2, 0) is 4.79 Å². The highest BCUT2D eigenvalue weighted by atomic mass is 16.1. The molecule has 1 fully saturated rings. The molecule has 0 aromatic heterocycles. The number of rotatable bonds is 0. The lowest BCUT2D eigenvalue weighted by atomic mass is 9.81. The van der Waals surface area contributed by atoms with Crippen molar-refractivity contribution in [2.24, 2.45) is 11.3 Å². The van der Waals surface area contributed by atoms with Crippen molar-refractivity contribution in [2.75, 3.05) is 20.1 Å². The minimum atomic E-state index is 0.125. The molecule has 1 amide bonds. The zero-order valence-electron chi connectivity index (χ0n) is 13.8. The fraction of sp³-hybridized carbons (Fsp3) is 0.824. The minimum Gasteiger partial charge on any atom is -0.378 e. The van der Waals surface area contributed by atoms with E-state index in [1.165, 1.54) is 19.3 Å². The highest BCUT2D eigenvalue weighted by Crippen LogP contribution is 2.30. The van der Waals surface area contributed by atoms with Crippen molar-refractivity contribution in [1.29, 1.82) is 0 Å². The summed E-state index contributed by atoms with van der Waals surface area (Å²) >= 11 is 0. The van der Waals surface area contributed by atoms with Crippen molar-refractivity contribution in [3.63, 3.8) is 0 Å². The molecule has 1 N–H and O–H groups in total. The number of hydrogen-bond acceptors (Lipinski definition) is 2. The third kappa shape index (κ3) is 5.98. The van der Waals surface area contributed by atoms with Crippen LogP contribution in [0.3, 0.4) is 0 Å². The summed E-state index contributed by atoms with van der Waals surface area (Å²) in [6.07, 6.45) is 6.64. The van der Waals surface area contributed by atoms with Crippen LogP contribution in [0, 0.1) is 11.3 Å². The van der Waals surface area contributed by atoms with Gasteiger partial charge in [-0.3, -0.25) is 4.79 Å². The van der Waals surface area contributed by atoms with Gasteiger partial charge in [0.1, 0.15) is 0 Å². The molecule has 0 spiro atoms. The Labute approximate surface area is 124 Å². The summed E-state index contributed by atoms with van der Waals surface area (Å²) in [5.74, 6) is 0.315. The van der Waals surface area contributed by atoms with Crippen LogP contribution in [0.4, 0.5) is 0 Å². The van der Waals surface area contributed by atoms with E-state index in [1.807, 2.05) is 6.92 Å². The molecule has 0 radical (unpaired) electrons. The van der Waals surface area contributed by atoms with Crippen LogP contribution in [0.2, 0.25) is 0 Å². The number of carbonyl (C=O) groups excluding carboxylic acids is 1. The number of nitrogens with zero attached hydrogens (tertiary/aromatic N) is 1. The van der Waals surface area contributed by atoms with Gasteiger partial charge in [0.15, 0.2) is 0 Å². The monoisotopic (exact) mass is 280 g/mol. The Bertz CT molecular complexity index is 306. The SMILES string of the molecule is C=C1CCNC(=O)[C@H](C)CCCC(C)(C)CCCN1C. The summed E-state index contributed by atoms with van der Waals surface area (Å²) in [6, 6.07) is 0. The molecule has 1 heterocycles. The van der Waals surface area contributed by atoms with E-state index < -0.39 is 0 Å². The van der Waals surface area contributed by atoms with E-state index in [2.05, 4.69) is 37.7 Å². The molecule has 1 rings (SSSR count). The fourth-order valence-corrected chi connectivity index (χ4v) is 2.79. The van der Waals surface area contributed by atoms with Crippen molar-refractivity contribution >= 4 is 5.91 Å². The van der Waals surface area contributed by atoms with Gasteiger partial charge in [-0.05, 0) is 31.1 Å². The number of hydrogen-bond donors (Lipinski definition) is 1. The summed E-state index contributed by atoms with van der Waals surface area (Å²) in [6.45, 7) is 12.6. The average molecular weight is 280 g/mol. The Morgan fingerprint density at radius 3 is 2.65 bits per heavy atom. The van der Waals surface area contributed by atoms with Crippen LogP contribution >= 0.6 is 0 Å². The van der Waals surface area contributed by atoms with Crippen molar-refractivity contribution in [3.05, 3.63) is 12.3 Å². The Morgan fingerprint density at radius 1 is 1.30 bits per heavy atom. The first-order valence-electron chi connectivity index (χ1n) is 7.98. The molecule has 20 heavy (non-hydrogen) atoms. The predicted molar refractivity (Wildman–Crippen MR) is 85.4 cm³/mol. The van der Waals surface area contributed by atoms with E-state index >= 15 is 0 Å².